The Morgan fingerprint density at radius 2 is 2.06 bits per heavy atom. The van der Waals surface area contributed by atoms with E-state index in [4.69, 9.17) is 17.3 Å². The molecule has 2 nitrogen and oxygen atoms in total. The molecule has 1 saturated carbocycles. The SMILES string of the molecule is CN(C)[C@H]1C[C@@H](c2cccc(Cl)c2)CC[C@@H]1N. The first-order valence-corrected chi connectivity index (χ1v) is 6.63. The smallest absolute Gasteiger partial charge is 0.0408 e. The molecular formula is C14H21ClN2. The molecule has 3 atom stereocenters. The van der Waals surface area contributed by atoms with Crippen molar-refractivity contribution in [3.8, 4) is 0 Å². The maximum Gasteiger partial charge on any atom is 0.0408 e. The maximum absolute atomic E-state index is 6.18. The molecule has 1 aliphatic rings. The highest BCUT2D eigenvalue weighted by atomic mass is 35.5. The third-order valence-corrected chi connectivity index (χ3v) is 4.09. The van der Waals surface area contributed by atoms with Crippen LogP contribution in [0.4, 0.5) is 0 Å². The Morgan fingerprint density at radius 1 is 1.29 bits per heavy atom. The first-order chi connectivity index (χ1) is 8.08. The van der Waals surface area contributed by atoms with Crippen molar-refractivity contribution in [2.24, 2.45) is 5.73 Å². The van der Waals surface area contributed by atoms with Crippen LogP contribution in [0.15, 0.2) is 24.3 Å². The molecule has 0 saturated heterocycles. The van der Waals surface area contributed by atoms with Crippen LogP contribution in [0.3, 0.4) is 0 Å². The van der Waals surface area contributed by atoms with Crippen LogP contribution in [-0.2, 0) is 0 Å². The molecule has 1 aliphatic carbocycles. The Kier molecular flexibility index (Phi) is 4.08. The van der Waals surface area contributed by atoms with Crippen molar-refractivity contribution in [1.29, 1.82) is 0 Å². The van der Waals surface area contributed by atoms with Crippen molar-refractivity contribution in [3.63, 3.8) is 0 Å². The average molecular weight is 253 g/mol. The van der Waals surface area contributed by atoms with Crippen LogP contribution < -0.4 is 5.73 Å². The van der Waals surface area contributed by atoms with Gasteiger partial charge in [0.05, 0.1) is 0 Å². The molecule has 0 heterocycles. The van der Waals surface area contributed by atoms with E-state index in [1.54, 1.807) is 0 Å². The minimum absolute atomic E-state index is 0.306. The summed E-state index contributed by atoms with van der Waals surface area (Å²) in [5.41, 5.74) is 7.54. The lowest BCUT2D eigenvalue weighted by molar-refractivity contribution is 0.186. The second kappa shape index (κ2) is 5.38. The van der Waals surface area contributed by atoms with Gasteiger partial charge >= 0.3 is 0 Å². The Bertz CT molecular complexity index is 378. The summed E-state index contributed by atoms with van der Waals surface area (Å²) in [5.74, 6) is 0.598. The third-order valence-electron chi connectivity index (χ3n) is 3.85. The zero-order valence-electron chi connectivity index (χ0n) is 10.6. The summed E-state index contributed by atoms with van der Waals surface area (Å²) in [5, 5.41) is 0.832. The van der Waals surface area contributed by atoms with Gasteiger partial charge in [0.15, 0.2) is 0 Å². The van der Waals surface area contributed by atoms with Crippen LogP contribution in [0, 0.1) is 0 Å². The predicted octanol–water partition coefficient (Wildman–Crippen LogP) is 2.87. The van der Waals surface area contributed by atoms with Gasteiger partial charge in [0.2, 0.25) is 0 Å². The van der Waals surface area contributed by atoms with E-state index in [-0.39, 0.29) is 0 Å². The molecule has 0 bridgehead atoms. The number of hydrogen-bond donors (Lipinski definition) is 1. The van der Waals surface area contributed by atoms with E-state index in [2.05, 4.69) is 31.1 Å². The van der Waals surface area contributed by atoms with Crippen molar-refractivity contribution in [3.05, 3.63) is 34.9 Å². The zero-order valence-corrected chi connectivity index (χ0v) is 11.3. The lowest BCUT2D eigenvalue weighted by atomic mass is 9.78. The van der Waals surface area contributed by atoms with Crippen LogP contribution in [0.2, 0.25) is 5.02 Å². The number of likely N-dealkylation sites (N-methyl/N-ethyl adjacent to an activating group) is 1. The summed E-state index contributed by atoms with van der Waals surface area (Å²) in [6.07, 6.45) is 3.40. The van der Waals surface area contributed by atoms with Gasteiger partial charge < -0.3 is 10.6 Å². The summed E-state index contributed by atoms with van der Waals surface area (Å²) < 4.78 is 0. The van der Waals surface area contributed by atoms with Crippen molar-refractivity contribution < 1.29 is 0 Å². The second-order valence-corrected chi connectivity index (χ2v) is 5.70. The highest BCUT2D eigenvalue weighted by Crippen LogP contribution is 2.34. The Labute approximate surface area is 109 Å². The van der Waals surface area contributed by atoms with E-state index in [0.29, 0.717) is 18.0 Å². The van der Waals surface area contributed by atoms with Crippen LogP contribution in [0.5, 0.6) is 0 Å². The average Bonchev–Trinajstić information content (AvgIpc) is 2.29. The Balaban J connectivity index is 2.13. The van der Waals surface area contributed by atoms with Crippen molar-refractivity contribution in [1.82, 2.24) is 4.90 Å². The van der Waals surface area contributed by atoms with Crippen molar-refractivity contribution in [2.45, 2.75) is 37.3 Å². The zero-order chi connectivity index (χ0) is 12.4. The summed E-state index contributed by atoms with van der Waals surface area (Å²) in [6.45, 7) is 0. The molecule has 2 rings (SSSR count). The fourth-order valence-corrected chi connectivity index (χ4v) is 3.03. The van der Waals surface area contributed by atoms with E-state index in [1.165, 1.54) is 12.0 Å². The molecule has 0 aromatic heterocycles. The molecule has 1 aromatic carbocycles. The van der Waals surface area contributed by atoms with E-state index in [1.807, 2.05) is 12.1 Å². The topological polar surface area (TPSA) is 29.3 Å². The molecule has 0 spiro atoms. The quantitative estimate of drug-likeness (QED) is 0.877. The first-order valence-electron chi connectivity index (χ1n) is 6.25. The molecule has 94 valence electrons. The van der Waals surface area contributed by atoms with Gasteiger partial charge in [0, 0.05) is 17.1 Å². The molecule has 17 heavy (non-hydrogen) atoms. The number of benzene rings is 1. The molecule has 0 amide bonds. The van der Waals surface area contributed by atoms with Crippen molar-refractivity contribution in [2.75, 3.05) is 14.1 Å². The molecule has 1 fully saturated rings. The van der Waals surface area contributed by atoms with Crippen LogP contribution in [-0.4, -0.2) is 31.1 Å². The van der Waals surface area contributed by atoms with Gasteiger partial charge in [-0.15, -0.1) is 0 Å². The number of hydrogen-bond acceptors (Lipinski definition) is 2. The van der Waals surface area contributed by atoms with Gasteiger partial charge in [0.1, 0.15) is 0 Å². The van der Waals surface area contributed by atoms with E-state index in [9.17, 15) is 0 Å². The number of nitrogens with zero attached hydrogens (tertiary/aromatic N) is 1. The molecule has 1 aromatic rings. The molecule has 0 aliphatic heterocycles. The number of halogens is 1. The lowest BCUT2D eigenvalue weighted by Gasteiger charge is -2.38. The predicted molar refractivity (Wildman–Crippen MR) is 73.5 cm³/mol. The largest absolute Gasteiger partial charge is 0.326 e. The summed E-state index contributed by atoms with van der Waals surface area (Å²) in [7, 11) is 4.23. The maximum atomic E-state index is 6.18. The molecule has 0 unspecified atom stereocenters. The van der Waals surface area contributed by atoms with Gasteiger partial charge in [-0.1, -0.05) is 23.7 Å². The Hall–Kier alpha value is -0.570. The normalized spacial score (nSPS) is 29.6. The monoisotopic (exact) mass is 252 g/mol. The van der Waals surface area contributed by atoms with Crippen molar-refractivity contribution >= 4 is 11.6 Å². The van der Waals surface area contributed by atoms with Crippen LogP contribution in [0.1, 0.15) is 30.7 Å². The standard InChI is InChI=1S/C14H21ClN2/c1-17(2)14-9-11(6-7-13(14)16)10-4-3-5-12(15)8-10/h3-5,8,11,13-14H,6-7,9,16H2,1-2H3/t11-,13-,14-/m0/s1. The highest BCUT2D eigenvalue weighted by Gasteiger charge is 2.30. The summed E-state index contributed by atoms with van der Waals surface area (Å²) >= 11 is 6.06. The minimum atomic E-state index is 0.306. The molecule has 0 radical (unpaired) electrons. The minimum Gasteiger partial charge on any atom is -0.326 e. The second-order valence-electron chi connectivity index (χ2n) is 5.26. The molecule has 2 N–H and O–H groups in total. The van der Waals surface area contributed by atoms with Gasteiger partial charge in [-0.3, -0.25) is 0 Å². The van der Waals surface area contributed by atoms with Gasteiger partial charge in [0.25, 0.3) is 0 Å². The highest BCUT2D eigenvalue weighted by molar-refractivity contribution is 6.30. The summed E-state index contributed by atoms with van der Waals surface area (Å²) in [6, 6.07) is 9.03. The summed E-state index contributed by atoms with van der Waals surface area (Å²) in [4.78, 5) is 2.25. The fraction of sp³-hybridized carbons (Fsp3) is 0.571. The first kappa shape index (κ1) is 12.9. The fourth-order valence-electron chi connectivity index (χ4n) is 2.83. The Morgan fingerprint density at radius 3 is 2.71 bits per heavy atom. The molecular weight excluding hydrogens is 232 g/mol. The number of rotatable bonds is 2. The van der Waals surface area contributed by atoms with Crippen LogP contribution in [0.25, 0.3) is 0 Å². The van der Waals surface area contributed by atoms with Gasteiger partial charge in [-0.05, 0) is 57.0 Å². The molecule has 3 heteroatoms. The van der Waals surface area contributed by atoms with E-state index in [0.717, 1.165) is 17.9 Å². The number of nitrogens with two attached hydrogens (primary N) is 1. The third kappa shape index (κ3) is 3.01. The lowest BCUT2D eigenvalue weighted by Crippen LogP contribution is -2.47. The van der Waals surface area contributed by atoms with E-state index >= 15 is 0 Å². The van der Waals surface area contributed by atoms with Gasteiger partial charge in [-0.2, -0.15) is 0 Å². The van der Waals surface area contributed by atoms with Gasteiger partial charge in [-0.25, -0.2) is 0 Å². The van der Waals surface area contributed by atoms with Crippen LogP contribution >= 0.6 is 11.6 Å². The van der Waals surface area contributed by atoms with E-state index < -0.39 is 0 Å².